The predicted molar refractivity (Wildman–Crippen MR) is 226 cm³/mol. The smallest absolute Gasteiger partial charge is 0.234 e. The molecule has 0 saturated carbocycles. The molecule has 0 spiro atoms. The van der Waals surface area contributed by atoms with E-state index in [0.717, 1.165) is 39.3 Å². The van der Waals surface area contributed by atoms with E-state index in [0.29, 0.717) is 34.7 Å². The average molecular weight is 725 g/mol. The lowest BCUT2D eigenvalue weighted by molar-refractivity contribution is 0.726. The molecule has 3 heterocycles. The molecule has 8 nitrogen and oxygen atoms in total. The van der Waals surface area contributed by atoms with Crippen molar-refractivity contribution in [3.63, 3.8) is 0 Å². The summed E-state index contributed by atoms with van der Waals surface area (Å²) in [5, 5.41) is 0. The first-order chi connectivity index (χ1) is 27.6. The van der Waals surface area contributed by atoms with E-state index < -0.39 is 0 Å². The van der Waals surface area contributed by atoms with Crippen molar-refractivity contribution in [2.45, 2.75) is 12.0 Å². The van der Waals surface area contributed by atoms with Gasteiger partial charge in [0.1, 0.15) is 5.70 Å². The van der Waals surface area contributed by atoms with E-state index in [4.69, 9.17) is 35.6 Å². The highest BCUT2D eigenvalue weighted by Crippen LogP contribution is 2.46. The number of benzene rings is 5. The zero-order valence-electron chi connectivity index (χ0n) is 30.4. The monoisotopic (exact) mass is 724 g/mol. The molecule has 5 aromatic carbocycles. The molecule has 9 rings (SSSR count). The Bertz CT molecular complexity index is 2610. The van der Waals surface area contributed by atoms with Crippen molar-refractivity contribution in [1.82, 2.24) is 24.9 Å². The van der Waals surface area contributed by atoms with Gasteiger partial charge in [-0.2, -0.15) is 9.97 Å². The van der Waals surface area contributed by atoms with E-state index in [-0.39, 0.29) is 17.8 Å². The van der Waals surface area contributed by atoms with Gasteiger partial charge in [0.25, 0.3) is 0 Å². The normalized spacial score (nSPS) is 16.0. The molecule has 2 atom stereocenters. The molecule has 7 aromatic rings. The molecule has 2 aromatic heterocycles. The molecule has 8 heteroatoms. The van der Waals surface area contributed by atoms with Crippen molar-refractivity contribution < 1.29 is 0 Å². The molecular weight excluding hydrogens is 689 g/mol. The fraction of sp³-hybridized carbons (Fsp3) is 0.0417. The Hall–Kier alpha value is -7.58. The molecule has 0 bridgehead atoms. The predicted octanol–water partition coefficient (Wildman–Crippen LogP) is 9.85. The molecule has 56 heavy (non-hydrogen) atoms. The maximum absolute atomic E-state index is 6.66. The molecule has 2 N–H and O–H groups in total. The summed E-state index contributed by atoms with van der Waals surface area (Å²) in [6, 6.07) is 50.1. The summed E-state index contributed by atoms with van der Waals surface area (Å²) >= 11 is 0. The SMILES string of the molecule is C=C(/N=C(\C=C(/N)c1ccccc1)c1ccccc1)c1nc(-c2nc(-c3ccccc3)cc(-c3ccccc3)n2)nc(N2c3ccccc3C3C=CC=CC32)n1. The second-order valence-corrected chi connectivity index (χ2v) is 13.5. The average Bonchev–Trinajstić information content (AvgIpc) is 3.61. The van der Waals surface area contributed by atoms with Crippen molar-refractivity contribution >= 4 is 28.7 Å². The highest BCUT2D eigenvalue weighted by molar-refractivity contribution is 6.13. The number of aliphatic imine (C=N–C) groups is 1. The number of hydrogen-bond donors (Lipinski definition) is 1. The minimum absolute atomic E-state index is 0.0535. The van der Waals surface area contributed by atoms with Gasteiger partial charge < -0.3 is 10.6 Å². The Kier molecular flexibility index (Phi) is 9.19. The Morgan fingerprint density at radius 3 is 1.82 bits per heavy atom. The first kappa shape index (κ1) is 34.2. The number of rotatable bonds is 9. The van der Waals surface area contributed by atoms with Crippen LogP contribution in [-0.2, 0) is 0 Å². The van der Waals surface area contributed by atoms with Gasteiger partial charge in [-0.25, -0.2) is 19.9 Å². The minimum Gasteiger partial charge on any atom is -0.398 e. The summed E-state index contributed by atoms with van der Waals surface area (Å²) in [5.74, 6) is 1.51. The van der Waals surface area contributed by atoms with E-state index in [9.17, 15) is 0 Å². The number of anilines is 2. The first-order valence-electron chi connectivity index (χ1n) is 18.4. The molecule has 1 aliphatic carbocycles. The van der Waals surface area contributed by atoms with Crippen molar-refractivity contribution in [1.29, 1.82) is 0 Å². The van der Waals surface area contributed by atoms with Gasteiger partial charge in [-0.3, -0.25) is 0 Å². The third-order valence-corrected chi connectivity index (χ3v) is 9.85. The van der Waals surface area contributed by atoms with Crippen molar-refractivity contribution in [3.05, 3.63) is 211 Å². The van der Waals surface area contributed by atoms with Crippen LogP contribution in [0.25, 0.3) is 45.6 Å². The second kappa shape index (κ2) is 15.0. The molecule has 0 radical (unpaired) electrons. The Labute approximate surface area is 325 Å². The van der Waals surface area contributed by atoms with Crippen molar-refractivity contribution in [3.8, 4) is 34.2 Å². The zero-order chi connectivity index (χ0) is 37.8. The zero-order valence-corrected chi connectivity index (χ0v) is 30.4. The van der Waals surface area contributed by atoms with E-state index >= 15 is 0 Å². The fourth-order valence-corrected chi connectivity index (χ4v) is 7.13. The van der Waals surface area contributed by atoms with Gasteiger partial charge >= 0.3 is 0 Å². The molecule has 1 aliphatic heterocycles. The lowest BCUT2D eigenvalue weighted by Crippen LogP contribution is -2.30. The number of hydrogen-bond acceptors (Lipinski definition) is 8. The van der Waals surface area contributed by atoms with Gasteiger partial charge in [0.15, 0.2) is 11.6 Å². The van der Waals surface area contributed by atoms with Gasteiger partial charge in [0.05, 0.1) is 23.1 Å². The summed E-state index contributed by atoms with van der Waals surface area (Å²) in [7, 11) is 0. The van der Waals surface area contributed by atoms with E-state index in [1.165, 1.54) is 5.56 Å². The third-order valence-electron chi connectivity index (χ3n) is 9.85. The molecule has 0 saturated heterocycles. The number of para-hydroxylation sites is 1. The lowest BCUT2D eigenvalue weighted by Gasteiger charge is -2.27. The maximum Gasteiger partial charge on any atom is 0.234 e. The van der Waals surface area contributed by atoms with Crippen LogP contribution < -0.4 is 10.6 Å². The van der Waals surface area contributed by atoms with Crippen LogP contribution in [0, 0.1) is 0 Å². The topological polar surface area (TPSA) is 106 Å². The highest BCUT2D eigenvalue weighted by Gasteiger charge is 2.39. The van der Waals surface area contributed by atoms with Gasteiger partial charge in [0.2, 0.25) is 11.8 Å². The van der Waals surface area contributed by atoms with Crippen LogP contribution in [0.5, 0.6) is 0 Å². The molecule has 2 aliphatic rings. The van der Waals surface area contributed by atoms with Gasteiger partial charge in [-0.1, -0.05) is 170 Å². The largest absolute Gasteiger partial charge is 0.398 e. The van der Waals surface area contributed by atoms with Crippen molar-refractivity contribution in [2.75, 3.05) is 4.90 Å². The van der Waals surface area contributed by atoms with Crippen LogP contribution in [-0.4, -0.2) is 36.7 Å². The number of nitrogens with zero attached hydrogens (tertiary/aromatic N) is 7. The van der Waals surface area contributed by atoms with Crippen LogP contribution in [0.2, 0.25) is 0 Å². The maximum atomic E-state index is 6.66. The second-order valence-electron chi connectivity index (χ2n) is 13.5. The third kappa shape index (κ3) is 6.83. The number of nitrogens with two attached hydrogens (primary N) is 1. The standard InChI is InChI=1S/C48H36N8/c1-32(50-40(34-20-8-3-9-21-34)30-39(49)33-18-6-2-7-19-33)45-53-47(55-48(54-45)56-43-28-16-14-26-37(43)38-27-15-17-29-44(38)56)46-51-41(35-22-10-4-11-23-35)31-42(52-46)36-24-12-5-13-25-36/h2-31,37,43H,1,49H2/b39-30-,50-40+. The highest BCUT2D eigenvalue weighted by atomic mass is 15.3. The number of fused-ring (bicyclic) bond motifs is 3. The van der Waals surface area contributed by atoms with Crippen LogP contribution in [0.4, 0.5) is 11.6 Å². The molecular formula is C48H36N8. The van der Waals surface area contributed by atoms with Crippen molar-refractivity contribution in [2.24, 2.45) is 10.7 Å². The molecule has 268 valence electrons. The van der Waals surface area contributed by atoms with Gasteiger partial charge in [0, 0.05) is 34.0 Å². The summed E-state index contributed by atoms with van der Waals surface area (Å²) < 4.78 is 0. The fourth-order valence-electron chi connectivity index (χ4n) is 7.13. The van der Waals surface area contributed by atoms with E-state index in [2.05, 4.69) is 54.0 Å². The van der Waals surface area contributed by atoms with Gasteiger partial charge in [-0.15, -0.1) is 0 Å². The Morgan fingerprint density at radius 1 is 0.607 bits per heavy atom. The molecule has 0 amide bonds. The first-order valence-corrected chi connectivity index (χ1v) is 18.4. The number of aromatic nitrogens is 5. The quantitative estimate of drug-likeness (QED) is 0.148. The van der Waals surface area contributed by atoms with Crippen LogP contribution in [0.3, 0.4) is 0 Å². The molecule has 0 fully saturated rings. The summed E-state index contributed by atoms with van der Waals surface area (Å²) in [4.78, 5) is 32.7. The van der Waals surface area contributed by atoms with Crippen LogP contribution in [0.1, 0.15) is 28.4 Å². The minimum atomic E-state index is -0.0535. The molecule has 2 unspecified atom stereocenters. The van der Waals surface area contributed by atoms with Crippen LogP contribution >= 0.6 is 0 Å². The number of allylic oxidation sites excluding steroid dienone is 3. The Morgan fingerprint density at radius 2 is 1.16 bits per heavy atom. The Balaban J connectivity index is 1.24. The van der Waals surface area contributed by atoms with E-state index in [1.54, 1.807) is 0 Å². The summed E-state index contributed by atoms with van der Waals surface area (Å²) in [6.45, 7) is 4.43. The van der Waals surface area contributed by atoms with E-state index in [1.807, 2.05) is 140 Å². The summed E-state index contributed by atoms with van der Waals surface area (Å²) in [5.41, 5.74) is 15.5. The summed E-state index contributed by atoms with van der Waals surface area (Å²) in [6.07, 6.45) is 10.4. The van der Waals surface area contributed by atoms with Gasteiger partial charge in [-0.05, 0) is 29.3 Å². The lowest BCUT2D eigenvalue weighted by atomic mass is 9.92. The van der Waals surface area contributed by atoms with Crippen LogP contribution in [0.15, 0.2) is 194 Å².